The lowest BCUT2D eigenvalue weighted by atomic mass is 10.3. The van der Waals surface area contributed by atoms with Crippen molar-refractivity contribution in [2.45, 2.75) is 33.4 Å². The molecule has 2 heterocycles. The topological polar surface area (TPSA) is 47.7 Å². The van der Waals surface area contributed by atoms with Crippen LogP contribution in [0.3, 0.4) is 0 Å². The molecule has 0 aliphatic rings. The molecular weight excluding hydrogens is 214 g/mol. The molecule has 0 aromatic carbocycles. The summed E-state index contributed by atoms with van der Waals surface area (Å²) in [7, 11) is 1.92. The molecule has 0 radical (unpaired) electrons. The van der Waals surface area contributed by atoms with Gasteiger partial charge in [-0.05, 0) is 26.8 Å². The van der Waals surface area contributed by atoms with E-state index < -0.39 is 0 Å². The maximum absolute atomic E-state index is 4.49. The van der Waals surface area contributed by atoms with Gasteiger partial charge in [-0.25, -0.2) is 0 Å². The minimum atomic E-state index is 0.406. The number of aromatic nitrogens is 4. The van der Waals surface area contributed by atoms with Crippen molar-refractivity contribution in [3.63, 3.8) is 0 Å². The van der Waals surface area contributed by atoms with Crippen molar-refractivity contribution in [2.24, 2.45) is 7.05 Å². The zero-order valence-corrected chi connectivity index (χ0v) is 10.8. The van der Waals surface area contributed by atoms with E-state index in [9.17, 15) is 0 Å². The number of aryl methyl sites for hydroxylation is 2. The van der Waals surface area contributed by atoms with Gasteiger partial charge >= 0.3 is 0 Å². The minimum absolute atomic E-state index is 0.406. The van der Waals surface area contributed by atoms with Gasteiger partial charge in [0.05, 0.1) is 23.6 Å². The molecule has 0 unspecified atom stereocenters. The highest BCUT2D eigenvalue weighted by Crippen LogP contribution is 2.13. The molecule has 2 aromatic rings. The number of nitrogens with one attached hydrogen (secondary N) is 1. The molecule has 5 heteroatoms. The predicted molar refractivity (Wildman–Crippen MR) is 67.9 cm³/mol. The lowest BCUT2D eigenvalue weighted by molar-refractivity contribution is 0.527. The van der Waals surface area contributed by atoms with Crippen LogP contribution < -0.4 is 5.32 Å². The Morgan fingerprint density at radius 1 is 1.35 bits per heavy atom. The van der Waals surface area contributed by atoms with Crippen LogP contribution in [0, 0.1) is 6.92 Å². The van der Waals surface area contributed by atoms with Gasteiger partial charge in [0.25, 0.3) is 0 Å². The Balaban J connectivity index is 2.00. The molecule has 0 saturated heterocycles. The van der Waals surface area contributed by atoms with E-state index in [2.05, 4.69) is 29.4 Å². The average molecular weight is 233 g/mol. The van der Waals surface area contributed by atoms with Gasteiger partial charge in [0.1, 0.15) is 0 Å². The first-order valence-corrected chi connectivity index (χ1v) is 5.84. The minimum Gasteiger partial charge on any atom is -0.377 e. The summed E-state index contributed by atoms with van der Waals surface area (Å²) >= 11 is 0. The Hall–Kier alpha value is -1.78. The molecule has 0 bridgehead atoms. The number of nitrogens with zero attached hydrogens (tertiary/aromatic N) is 4. The number of hydrogen-bond acceptors (Lipinski definition) is 3. The quantitative estimate of drug-likeness (QED) is 0.880. The third-order valence-corrected chi connectivity index (χ3v) is 2.67. The Labute approximate surface area is 101 Å². The molecule has 0 spiro atoms. The van der Waals surface area contributed by atoms with Crippen LogP contribution in [0.4, 0.5) is 5.69 Å². The van der Waals surface area contributed by atoms with Crippen LogP contribution >= 0.6 is 0 Å². The highest BCUT2D eigenvalue weighted by molar-refractivity contribution is 5.45. The molecule has 0 aliphatic carbocycles. The Morgan fingerprint density at radius 3 is 2.65 bits per heavy atom. The summed E-state index contributed by atoms with van der Waals surface area (Å²) in [6.45, 7) is 6.96. The van der Waals surface area contributed by atoms with Gasteiger partial charge in [-0.1, -0.05) is 0 Å². The molecule has 0 atom stereocenters. The van der Waals surface area contributed by atoms with Crippen molar-refractivity contribution in [1.29, 1.82) is 0 Å². The molecule has 17 heavy (non-hydrogen) atoms. The molecular formula is C12H19N5. The van der Waals surface area contributed by atoms with E-state index >= 15 is 0 Å². The maximum Gasteiger partial charge on any atom is 0.0825 e. The van der Waals surface area contributed by atoms with Gasteiger partial charge in [-0.2, -0.15) is 10.2 Å². The van der Waals surface area contributed by atoms with E-state index in [-0.39, 0.29) is 0 Å². The summed E-state index contributed by atoms with van der Waals surface area (Å²) in [5, 5.41) is 12.1. The highest BCUT2D eigenvalue weighted by Gasteiger charge is 2.05. The van der Waals surface area contributed by atoms with Crippen molar-refractivity contribution in [1.82, 2.24) is 19.6 Å². The molecule has 0 fully saturated rings. The fraction of sp³-hybridized carbons (Fsp3) is 0.500. The number of hydrogen-bond donors (Lipinski definition) is 1. The fourth-order valence-corrected chi connectivity index (χ4v) is 1.72. The van der Waals surface area contributed by atoms with E-state index in [1.165, 1.54) is 0 Å². The highest BCUT2D eigenvalue weighted by atomic mass is 15.3. The van der Waals surface area contributed by atoms with E-state index in [0.717, 1.165) is 23.6 Å². The summed E-state index contributed by atoms with van der Waals surface area (Å²) < 4.78 is 3.78. The first-order chi connectivity index (χ1) is 8.06. The zero-order valence-electron chi connectivity index (χ0n) is 10.8. The molecule has 0 aliphatic heterocycles. The van der Waals surface area contributed by atoms with Gasteiger partial charge in [0.2, 0.25) is 0 Å². The SMILES string of the molecule is Cc1nn(C)cc1NCc1ccn(C(C)C)n1. The lowest BCUT2D eigenvalue weighted by Crippen LogP contribution is -2.04. The van der Waals surface area contributed by atoms with Crippen LogP contribution in [0.2, 0.25) is 0 Å². The van der Waals surface area contributed by atoms with E-state index in [4.69, 9.17) is 0 Å². The second-order valence-corrected chi connectivity index (χ2v) is 4.54. The van der Waals surface area contributed by atoms with Gasteiger partial charge in [0.15, 0.2) is 0 Å². The lowest BCUT2D eigenvalue weighted by Gasteiger charge is -2.04. The molecule has 2 rings (SSSR count). The van der Waals surface area contributed by atoms with Gasteiger partial charge < -0.3 is 5.32 Å². The molecule has 0 amide bonds. The fourth-order valence-electron chi connectivity index (χ4n) is 1.72. The number of rotatable bonds is 4. The van der Waals surface area contributed by atoms with Crippen molar-refractivity contribution in [3.8, 4) is 0 Å². The van der Waals surface area contributed by atoms with Crippen molar-refractivity contribution >= 4 is 5.69 Å². The van der Waals surface area contributed by atoms with Gasteiger partial charge in [-0.3, -0.25) is 9.36 Å². The summed E-state index contributed by atoms with van der Waals surface area (Å²) in [6, 6.07) is 2.45. The van der Waals surface area contributed by atoms with Crippen LogP contribution in [-0.4, -0.2) is 19.6 Å². The molecule has 1 N–H and O–H groups in total. The van der Waals surface area contributed by atoms with Gasteiger partial charge in [0, 0.05) is 25.5 Å². The predicted octanol–water partition coefficient (Wildman–Crippen LogP) is 2.12. The zero-order chi connectivity index (χ0) is 12.4. The van der Waals surface area contributed by atoms with Crippen molar-refractivity contribution in [3.05, 3.63) is 29.8 Å². The maximum atomic E-state index is 4.49. The molecule has 0 saturated carbocycles. The first kappa shape index (κ1) is 11.7. The molecule has 2 aromatic heterocycles. The summed E-state index contributed by atoms with van der Waals surface area (Å²) in [4.78, 5) is 0. The van der Waals surface area contributed by atoms with E-state index in [1.54, 1.807) is 0 Å². The van der Waals surface area contributed by atoms with Crippen molar-refractivity contribution < 1.29 is 0 Å². The van der Waals surface area contributed by atoms with Crippen LogP contribution in [-0.2, 0) is 13.6 Å². The van der Waals surface area contributed by atoms with Gasteiger partial charge in [-0.15, -0.1) is 0 Å². The average Bonchev–Trinajstić information content (AvgIpc) is 2.82. The summed E-state index contributed by atoms with van der Waals surface area (Å²) in [5.41, 5.74) is 3.12. The summed E-state index contributed by atoms with van der Waals surface area (Å²) in [5.74, 6) is 0. The molecule has 5 nitrogen and oxygen atoms in total. The van der Waals surface area contributed by atoms with Crippen LogP contribution in [0.5, 0.6) is 0 Å². The second kappa shape index (κ2) is 4.61. The monoisotopic (exact) mass is 233 g/mol. The van der Waals surface area contributed by atoms with Crippen LogP contribution in [0.15, 0.2) is 18.5 Å². The third-order valence-electron chi connectivity index (χ3n) is 2.67. The summed E-state index contributed by atoms with van der Waals surface area (Å²) in [6.07, 6.45) is 3.99. The van der Waals surface area contributed by atoms with E-state index in [1.807, 2.05) is 41.8 Å². The van der Waals surface area contributed by atoms with E-state index in [0.29, 0.717) is 6.04 Å². The Bertz CT molecular complexity index is 495. The van der Waals surface area contributed by atoms with Crippen LogP contribution in [0.25, 0.3) is 0 Å². The Kier molecular flexibility index (Phi) is 3.17. The van der Waals surface area contributed by atoms with Crippen molar-refractivity contribution in [2.75, 3.05) is 5.32 Å². The van der Waals surface area contributed by atoms with Crippen LogP contribution in [0.1, 0.15) is 31.3 Å². The standard InChI is InChI=1S/C12H19N5/c1-9(2)17-6-5-11(15-17)7-13-12-8-16(4)14-10(12)3/h5-6,8-9,13H,7H2,1-4H3. The number of anilines is 1. The third kappa shape index (κ3) is 2.67. The Morgan fingerprint density at radius 2 is 2.12 bits per heavy atom. The smallest absolute Gasteiger partial charge is 0.0825 e. The second-order valence-electron chi connectivity index (χ2n) is 4.54. The largest absolute Gasteiger partial charge is 0.377 e. The molecule has 92 valence electrons. The first-order valence-electron chi connectivity index (χ1n) is 5.84. The normalized spacial score (nSPS) is 11.1.